The monoisotopic (exact) mass is 640 g/mol. The molecule has 49 heavy (non-hydrogen) atoms. The van der Waals surface area contributed by atoms with Crippen molar-refractivity contribution >= 4 is 66.7 Å². The molecule has 8 aromatic rings. The first-order valence-corrected chi connectivity index (χ1v) is 17.1. The highest BCUT2D eigenvalue weighted by Gasteiger charge is 2.41. The van der Waals surface area contributed by atoms with Gasteiger partial charge < -0.3 is 28.8 Å². The molecular weight excluding hydrogens is 607 g/mol. The van der Waals surface area contributed by atoms with Gasteiger partial charge in [-0.1, -0.05) is 72.8 Å². The number of hydrogen-bond acceptors (Lipinski definition) is 4. The largest absolute Gasteiger partial charge is 0.494 e. The van der Waals surface area contributed by atoms with Crippen molar-refractivity contribution in [3.8, 4) is 34.0 Å². The fourth-order valence-corrected chi connectivity index (χ4v) is 8.48. The average molecular weight is 641 g/mol. The van der Waals surface area contributed by atoms with Gasteiger partial charge in [0.2, 0.25) is 0 Å². The molecule has 0 fully saturated rings. The number of para-hydroxylation sites is 2. The van der Waals surface area contributed by atoms with Gasteiger partial charge in [0.15, 0.2) is 0 Å². The topological polar surface area (TPSA) is 68.8 Å². The van der Waals surface area contributed by atoms with E-state index in [1.54, 1.807) is 0 Å². The van der Waals surface area contributed by atoms with Gasteiger partial charge in [-0.3, -0.25) is 0 Å². The van der Waals surface area contributed by atoms with Crippen LogP contribution in [-0.4, -0.2) is 52.5 Å². The molecule has 2 aliphatic rings. The third kappa shape index (κ3) is 3.97. The molecule has 0 amide bonds. The van der Waals surface area contributed by atoms with Gasteiger partial charge in [-0.05, 0) is 70.0 Å². The van der Waals surface area contributed by atoms with Crippen LogP contribution >= 0.6 is 0 Å². The van der Waals surface area contributed by atoms with E-state index < -0.39 is 0 Å². The molecule has 7 heteroatoms. The molecule has 2 aliphatic heterocycles. The maximum atomic E-state index is 9.48. The van der Waals surface area contributed by atoms with Crippen molar-refractivity contribution in [2.24, 2.45) is 0 Å². The van der Waals surface area contributed by atoms with Crippen molar-refractivity contribution < 1.29 is 19.7 Å². The normalized spacial score (nSPS) is 12.7. The van der Waals surface area contributed by atoms with Gasteiger partial charge in [-0.25, -0.2) is 0 Å². The number of nitrogens with zero attached hydrogens (tertiary/aromatic N) is 2. The van der Waals surface area contributed by atoms with Gasteiger partial charge in [0, 0.05) is 64.5 Å². The van der Waals surface area contributed by atoms with Crippen LogP contribution in [0.2, 0.25) is 0 Å². The summed E-state index contributed by atoms with van der Waals surface area (Å²) in [5, 5.41) is 23.4. The number of benzene rings is 6. The molecule has 0 radical (unpaired) electrons. The van der Waals surface area contributed by atoms with Crippen LogP contribution in [0, 0.1) is 0 Å². The molecule has 0 atom stereocenters. The Morgan fingerprint density at radius 2 is 1.14 bits per heavy atom. The van der Waals surface area contributed by atoms with Crippen LogP contribution in [-0.2, 0) is 0 Å². The standard InChI is InChI=1S/C42H33BN2O4/c46-22-6-24-48-27-16-14-26(15-17-27)28-18-19-31-41-38(28)29-8-1-3-10-33(29)44(41)35-12-5-13-36-40(35)43(31)32-20-21-37(49-25-7-23-47)39-30-9-2-4-11-34(30)45(36)42(32)39/h1-5,8-21,46-47H,6-7,22-25H2. The highest BCUT2D eigenvalue weighted by atomic mass is 16.5. The molecular formula is C42H33BN2O4. The van der Waals surface area contributed by atoms with Crippen molar-refractivity contribution in [3.05, 3.63) is 115 Å². The maximum Gasteiger partial charge on any atom is 0.252 e. The molecule has 0 bridgehead atoms. The van der Waals surface area contributed by atoms with Gasteiger partial charge >= 0.3 is 0 Å². The summed E-state index contributed by atoms with van der Waals surface area (Å²) in [6.07, 6.45) is 1.20. The first kappa shape index (κ1) is 28.5. The summed E-state index contributed by atoms with van der Waals surface area (Å²) in [5.74, 6) is 1.66. The molecule has 2 aromatic heterocycles. The van der Waals surface area contributed by atoms with E-state index >= 15 is 0 Å². The highest BCUT2D eigenvalue weighted by Crippen LogP contribution is 2.43. The SMILES string of the molecule is OCCCOc1ccc(-c2ccc3c4c2c2ccccc2n4-c2cccc4c2B3c2ccc(OCCCO)c3c5ccccc5n-4c23)cc1. The zero-order valence-electron chi connectivity index (χ0n) is 26.9. The first-order chi connectivity index (χ1) is 24.3. The van der Waals surface area contributed by atoms with E-state index in [4.69, 9.17) is 14.6 Å². The molecule has 10 rings (SSSR count). The average Bonchev–Trinajstić information content (AvgIpc) is 3.68. The van der Waals surface area contributed by atoms with Gasteiger partial charge in [0.1, 0.15) is 11.5 Å². The Hall–Kier alpha value is -5.50. The van der Waals surface area contributed by atoms with Crippen LogP contribution in [0.1, 0.15) is 12.8 Å². The zero-order chi connectivity index (χ0) is 32.6. The smallest absolute Gasteiger partial charge is 0.252 e. The van der Waals surface area contributed by atoms with Crippen molar-refractivity contribution in [1.82, 2.24) is 9.13 Å². The predicted octanol–water partition coefficient (Wildman–Crippen LogP) is 6.21. The summed E-state index contributed by atoms with van der Waals surface area (Å²) in [6, 6.07) is 41.6. The van der Waals surface area contributed by atoms with Gasteiger partial charge in [-0.15, -0.1) is 0 Å². The van der Waals surface area contributed by atoms with Gasteiger partial charge in [-0.2, -0.15) is 0 Å². The third-order valence-corrected chi connectivity index (χ3v) is 10.4. The fraction of sp³-hybridized carbons (Fsp3) is 0.143. The zero-order valence-corrected chi connectivity index (χ0v) is 26.9. The Bertz CT molecular complexity index is 2600. The summed E-state index contributed by atoms with van der Waals surface area (Å²) in [4.78, 5) is 0. The second-order valence-electron chi connectivity index (χ2n) is 13.0. The maximum absolute atomic E-state index is 9.48. The Morgan fingerprint density at radius 3 is 1.82 bits per heavy atom. The Balaban J connectivity index is 1.26. The molecule has 2 N–H and O–H groups in total. The van der Waals surface area contributed by atoms with Gasteiger partial charge in [0.25, 0.3) is 6.71 Å². The summed E-state index contributed by atoms with van der Waals surface area (Å²) in [6.45, 7) is 1.21. The molecule has 0 spiro atoms. The number of aliphatic hydroxyl groups excluding tert-OH is 2. The second kappa shape index (κ2) is 11.0. The Kier molecular flexibility index (Phi) is 6.41. The first-order valence-electron chi connectivity index (χ1n) is 17.1. The Labute approximate surface area is 283 Å². The predicted molar refractivity (Wildman–Crippen MR) is 200 cm³/mol. The number of ether oxygens (including phenoxy) is 2. The van der Waals surface area contributed by atoms with Gasteiger partial charge in [0.05, 0.1) is 29.8 Å². The molecule has 238 valence electrons. The van der Waals surface area contributed by atoms with Crippen molar-refractivity contribution in [2.75, 3.05) is 26.4 Å². The fourth-order valence-electron chi connectivity index (χ4n) is 8.48. The third-order valence-electron chi connectivity index (χ3n) is 10.4. The summed E-state index contributed by atoms with van der Waals surface area (Å²) < 4.78 is 17.2. The molecule has 4 heterocycles. The minimum absolute atomic E-state index is 0.0349. The van der Waals surface area contributed by atoms with E-state index in [1.807, 2.05) is 12.1 Å². The van der Waals surface area contributed by atoms with E-state index in [0.29, 0.717) is 26.1 Å². The quantitative estimate of drug-likeness (QED) is 0.145. The lowest BCUT2D eigenvalue weighted by Crippen LogP contribution is -2.59. The molecule has 6 aromatic carbocycles. The second-order valence-corrected chi connectivity index (χ2v) is 13.0. The van der Waals surface area contributed by atoms with Crippen LogP contribution in [0.4, 0.5) is 0 Å². The number of aromatic nitrogens is 2. The van der Waals surface area contributed by atoms with E-state index in [1.165, 1.54) is 66.0 Å². The lowest BCUT2D eigenvalue weighted by Gasteiger charge is -2.33. The molecule has 0 unspecified atom stereocenters. The van der Waals surface area contributed by atoms with E-state index in [2.05, 4.69) is 112 Å². The van der Waals surface area contributed by atoms with Crippen LogP contribution in [0.25, 0.3) is 66.1 Å². The van der Waals surface area contributed by atoms with Crippen LogP contribution < -0.4 is 25.9 Å². The van der Waals surface area contributed by atoms with Crippen LogP contribution in [0.15, 0.2) is 115 Å². The molecule has 0 saturated carbocycles. The summed E-state index contributed by atoms with van der Waals surface area (Å²) in [5.41, 5.74) is 13.4. The van der Waals surface area contributed by atoms with E-state index in [-0.39, 0.29) is 19.9 Å². The minimum atomic E-state index is 0.0349. The number of rotatable bonds is 9. The lowest BCUT2D eigenvalue weighted by atomic mass is 9.34. The summed E-state index contributed by atoms with van der Waals surface area (Å²) >= 11 is 0. The van der Waals surface area contributed by atoms with Crippen molar-refractivity contribution in [3.63, 3.8) is 0 Å². The van der Waals surface area contributed by atoms with Crippen LogP contribution in [0.3, 0.4) is 0 Å². The number of aliphatic hydroxyl groups is 2. The minimum Gasteiger partial charge on any atom is -0.494 e. The summed E-state index contributed by atoms with van der Waals surface area (Å²) in [7, 11) is 0. The van der Waals surface area contributed by atoms with Crippen molar-refractivity contribution in [2.45, 2.75) is 12.8 Å². The van der Waals surface area contributed by atoms with Crippen molar-refractivity contribution in [1.29, 1.82) is 0 Å². The lowest BCUT2D eigenvalue weighted by molar-refractivity contribution is 0.233. The van der Waals surface area contributed by atoms with Crippen LogP contribution in [0.5, 0.6) is 11.5 Å². The Morgan fingerprint density at radius 1 is 0.551 bits per heavy atom. The molecule has 6 nitrogen and oxygen atoms in total. The van der Waals surface area contributed by atoms with E-state index in [9.17, 15) is 5.11 Å². The van der Waals surface area contributed by atoms with E-state index in [0.717, 1.165) is 28.0 Å². The molecule has 0 aliphatic carbocycles. The number of fused-ring (bicyclic) bond motifs is 10. The molecule has 0 saturated heterocycles. The number of hydrogen-bond donors (Lipinski definition) is 2. The highest BCUT2D eigenvalue weighted by molar-refractivity contribution is 7.00.